The van der Waals surface area contributed by atoms with Crippen LogP contribution in [-0.2, 0) is 0 Å². The predicted molar refractivity (Wildman–Crippen MR) is 78.1 cm³/mol. The third kappa shape index (κ3) is 2.93. The molecule has 19 heavy (non-hydrogen) atoms. The van der Waals surface area contributed by atoms with E-state index in [1.807, 2.05) is 31.2 Å². The maximum Gasteiger partial charge on any atom is 0.339 e. The van der Waals surface area contributed by atoms with Crippen LogP contribution in [0.5, 0.6) is 0 Å². The zero-order valence-corrected chi connectivity index (χ0v) is 12.2. The molecule has 0 saturated carbocycles. The van der Waals surface area contributed by atoms with E-state index in [4.69, 9.17) is 0 Å². The van der Waals surface area contributed by atoms with Gasteiger partial charge in [0.05, 0.1) is 0 Å². The normalized spacial score (nSPS) is 10.3. The molecule has 1 heterocycles. The number of benzene rings is 1. The molecule has 0 aliphatic heterocycles. The van der Waals surface area contributed by atoms with Gasteiger partial charge in [0.1, 0.15) is 11.4 Å². The molecule has 0 atom stereocenters. The summed E-state index contributed by atoms with van der Waals surface area (Å²) in [6.07, 6.45) is 1.59. The molecule has 5 heteroatoms. The highest BCUT2D eigenvalue weighted by Crippen LogP contribution is 2.27. The number of aryl methyl sites for hydroxylation is 1. The molecular formula is C14H13BrN2O2. The number of aromatic carboxylic acids is 1. The Kier molecular flexibility index (Phi) is 3.85. The third-order valence-corrected chi connectivity index (χ3v) is 3.20. The van der Waals surface area contributed by atoms with Crippen LogP contribution in [0.4, 0.5) is 11.5 Å². The quantitative estimate of drug-likeness (QED) is 0.938. The van der Waals surface area contributed by atoms with Crippen LogP contribution in [-0.4, -0.2) is 23.1 Å². The minimum absolute atomic E-state index is 0.165. The highest BCUT2D eigenvalue weighted by molar-refractivity contribution is 9.10. The highest BCUT2D eigenvalue weighted by Gasteiger charge is 2.16. The number of hydrogen-bond donors (Lipinski definition) is 1. The van der Waals surface area contributed by atoms with Crippen LogP contribution < -0.4 is 4.90 Å². The number of pyridine rings is 1. The van der Waals surface area contributed by atoms with Crippen LogP contribution in [0.2, 0.25) is 0 Å². The van der Waals surface area contributed by atoms with E-state index in [0.29, 0.717) is 10.3 Å². The SMILES string of the molecule is Cc1cccc(N(C)c2ncc(Br)cc2C(=O)O)c1. The molecule has 0 unspecified atom stereocenters. The molecule has 0 bridgehead atoms. The average Bonchev–Trinajstić information content (AvgIpc) is 2.37. The second kappa shape index (κ2) is 5.40. The summed E-state index contributed by atoms with van der Waals surface area (Å²) >= 11 is 3.24. The van der Waals surface area contributed by atoms with Crippen molar-refractivity contribution in [2.45, 2.75) is 6.92 Å². The molecule has 98 valence electrons. The molecule has 0 aliphatic rings. The average molecular weight is 321 g/mol. The fourth-order valence-electron chi connectivity index (χ4n) is 1.82. The zero-order chi connectivity index (χ0) is 14.0. The van der Waals surface area contributed by atoms with Crippen LogP contribution in [0.25, 0.3) is 0 Å². The van der Waals surface area contributed by atoms with Crippen LogP contribution in [0, 0.1) is 6.92 Å². The number of carbonyl (C=O) groups is 1. The van der Waals surface area contributed by atoms with Gasteiger partial charge in [0.2, 0.25) is 0 Å². The van der Waals surface area contributed by atoms with Gasteiger partial charge in [-0.3, -0.25) is 0 Å². The largest absolute Gasteiger partial charge is 0.478 e. The van der Waals surface area contributed by atoms with Gasteiger partial charge in [0.25, 0.3) is 0 Å². The van der Waals surface area contributed by atoms with E-state index in [2.05, 4.69) is 20.9 Å². The van der Waals surface area contributed by atoms with Crippen molar-refractivity contribution < 1.29 is 9.90 Å². The van der Waals surface area contributed by atoms with Gasteiger partial charge < -0.3 is 10.0 Å². The summed E-state index contributed by atoms with van der Waals surface area (Å²) in [7, 11) is 1.80. The van der Waals surface area contributed by atoms with Crippen molar-refractivity contribution in [2.24, 2.45) is 0 Å². The minimum atomic E-state index is -0.997. The van der Waals surface area contributed by atoms with E-state index >= 15 is 0 Å². The van der Waals surface area contributed by atoms with Crippen molar-refractivity contribution in [1.29, 1.82) is 0 Å². The second-order valence-corrected chi connectivity index (χ2v) is 5.14. The lowest BCUT2D eigenvalue weighted by Crippen LogP contribution is -2.15. The number of carboxylic acid groups (broad SMARTS) is 1. The third-order valence-electron chi connectivity index (χ3n) is 2.77. The standard InChI is InChI=1S/C14H13BrN2O2/c1-9-4-3-5-11(6-9)17(2)13-12(14(18)19)7-10(15)8-16-13/h3-8H,1-2H3,(H,18,19). The van der Waals surface area contributed by atoms with Crippen LogP contribution >= 0.6 is 15.9 Å². The van der Waals surface area contributed by atoms with Crippen LogP contribution in [0.3, 0.4) is 0 Å². The summed E-state index contributed by atoms with van der Waals surface area (Å²) in [5, 5.41) is 9.25. The molecule has 0 saturated heterocycles. The van der Waals surface area contributed by atoms with E-state index in [0.717, 1.165) is 11.3 Å². The molecule has 0 fully saturated rings. The number of aromatic nitrogens is 1. The Morgan fingerprint density at radius 2 is 2.11 bits per heavy atom. The van der Waals surface area contributed by atoms with Crippen LogP contribution in [0.1, 0.15) is 15.9 Å². The zero-order valence-electron chi connectivity index (χ0n) is 10.6. The second-order valence-electron chi connectivity index (χ2n) is 4.23. The molecule has 0 spiro atoms. The van der Waals surface area contributed by atoms with Crippen LogP contribution in [0.15, 0.2) is 41.0 Å². The Balaban J connectivity index is 2.49. The lowest BCUT2D eigenvalue weighted by Gasteiger charge is -2.20. The molecule has 0 radical (unpaired) electrons. The Morgan fingerprint density at radius 3 is 2.74 bits per heavy atom. The first-order valence-electron chi connectivity index (χ1n) is 5.68. The van der Waals surface area contributed by atoms with Gasteiger partial charge in [-0.2, -0.15) is 0 Å². The monoisotopic (exact) mass is 320 g/mol. The van der Waals surface area contributed by atoms with Gasteiger partial charge in [-0.05, 0) is 46.6 Å². The summed E-state index contributed by atoms with van der Waals surface area (Å²) in [6.45, 7) is 1.99. The fraction of sp³-hybridized carbons (Fsp3) is 0.143. The summed E-state index contributed by atoms with van der Waals surface area (Å²) in [5.74, 6) is -0.579. The fourth-order valence-corrected chi connectivity index (χ4v) is 2.15. The highest BCUT2D eigenvalue weighted by atomic mass is 79.9. The number of hydrogen-bond acceptors (Lipinski definition) is 3. The first-order chi connectivity index (χ1) is 8.99. The molecule has 0 amide bonds. The van der Waals surface area contributed by atoms with Gasteiger partial charge in [-0.1, -0.05) is 12.1 Å². The lowest BCUT2D eigenvalue weighted by atomic mass is 10.2. The number of nitrogens with zero attached hydrogens (tertiary/aromatic N) is 2. The number of halogens is 1. The van der Waals surface area contributed by atoms with E-state index in [9.17, 15) is 9.90 Å². The number of rotatable bonds is 3. The number of anilines is 2. The first kappa shape index (κ1) is 13.5. The van der Waals surface area contributed by atoms with E-state index in [-0.39, 0.29) is 5.56 Å². The molecule has 1 aromatic heterocycles. The Labute approximate surface area is 119 Å². The van der Waals surface area contributed by atoms with Crippen molar-refractivity contribution in [2.75, 3.05) is 11.9 Å². The van der Waals surface area contributed by atoms with E-state index in [1.54, 1.807) is 24.2 Å². The smallest absolute Gasteiger partial charge is 0.339 e. The molecule has 2 rings (SSSR count). The molecule has 1 N–H and O–H groups in total. The summed E-state index contributed by atoms with van der Waals surface area (Å²) < 4.78 is 0.645. The topological polar surface area (TPSA) is 53.4 Å². The summed E-state index contributed by atoms with van der Waals surface area (Å²) in [5.41, 5.74) is 2.18. The number of carboxylic acids is 1. The maximum absolute atomic E-state index is 11.3. The van der Waals surface area contributed by atoms with E-state index in [1.165, 1.54) is 0 Å². The Morgan fingerprint density at radius 1 is 1.37 bits per heavy atom. The molecule has 4 nitrogen and oxygen atoms in total. The van der Waals surface area contributed by atoms with Crippen molar-refractivity contribution in [3.05, 3.63) is 52.1 Å². The predicted octanol–water partition coefficient (Wildman–Crippen LogP) is 3.62. The van der Waals surface area contributed by atoms with Crippen molar-refractivity contribution in [3.63, 3.8) is 0 Å². The van der Waals surface area contributed by atoms with Gasteiger partial charge in [0.15, 0.2) is 0 Å². The van der Waals surface area contributed by atoms with E-state index < -0.39 is 5.97 Å². The van der Waals surface area contributed by atoms with Gasteiger partial charge in [-0.25, -0.2) is 9.78 Å². The molecule has 1 aromatic carbocycles. The van der Waals surface area contributed by atoms with Gasteiger partial charge >= 0.3 is 5.97 Å². The van der Waals surface area contributed by atoms with Crippen molar-refractivity contribution >= 4 is 33.4 Å². The Bertz CT molecular complexity index is 629. The Hall–Kier alpha value is -1.88. The molecular weight excluding hydrogens is 308 g/mol. The lowest BCUT2D eigenvalue weighted by molar-refractivity contribution is 0.0697. The molecule has 0 aliphatic carbocycles. The van der Waals surface area contributed by atoms with Crippen molar-refractivity contribution in [1.82, 2.24) is 4.98 Å². The minimum Gasteiger partial charge on any atom is -0.478 e. The van der Waals surface area contributed by atoms with Crippen molar-refractivity contribution in [3.8, 4) is 0 Å². The summed E-state index contributed by atoms with van der Waals surface area (Å²) in [6, 6.07) is 9.37. The van der Waals surface area contributed by atoms with Gasteiger partial charge in [-0.15, -0.1) is 0 Å². The summed E-state index contributed by atoms with van der Waals surface area (Å²) in [4.78, 5) is 17.3. The van der Waals surface area contributed by atoms with Gasteiger partial charge in [0, 0.05) is 23.4 Å². The maximum atomic E-state index is 11.3. The molecule has 2 aromatic rings. The first-order valence-corrected chi connectivity index (χ1v) is 6.47.